The highest BCUT2D eigenvalue weighted by molar-refractivity contribution is 8.00. The molecule has 0 aliphatic rings. The maximum Gasteiger partial charge on any atom is 0.319 e. The normalized spacial score (nSPS) is 14.8. The van der Waals surface area contributed by atoms with E-state index in [2.05, 4.69) is 0 Å². The Morgan fingerprint density at radius 2 is 1.78 bits per heavy atom. The molecular weight excluding hydrogens is 339 g/mol. The van der Waals surface area contributed by atoms with Gasteiger partial charge >= 0.3 is 5.97 Å². The third kappa shape index (κ3) is 9.37. The fraction of sp³-hybridized carbons (Fsp3) is 0.933. The third-order valence-corrected chi connectivity index (χ3v) is 4.48. The SMILES string of the molecule is CCCCC(SCCCC(F)(F)C(F)C(F)F)C(=O)OCCC. The van der Waals surface area contributed by atoms with Crippen LogP contribution in [0.4, 0.5) is 22.0 Å². The van der Waals surface area contributed by atoms with Gasteiger partial charge in [-0.3, -0.25) is 4.79 Å². The molecule has 0 saturated heterocycles. The van der Waals surface area contributed by atoms with Crippen LogP contribution in [-0.2, 0) is 9.53 Å². The number of hydrogen-bond donors (Lipinski definition) is 0. The number of carbonyl (C=O) groups is 1. The summed E-state index contributed by atoms with van der Waals surface area (Å²) in [5.41, 5.74) is 0. The molecule has 0 aromatic rings. The van der Waals surface area contributed by atoms with E-state index in [1.54, 1.807) is 0 Å². The van der Waals surface area contributed by atoms with Crippen molar-refractivity contribution in [3.05, 3.63) is 0 Å². The second kappa shape index (κ2) is 11.9. The number of unbranched alkanes of at least 4 members (excludes halogenated alkanes) is 1. The predicted octanol–water partition coefficient (Wildman–Crippen LogP) is 5.25. The molecule has 0 aromatic heterocycles. The minimum Gasteiger partial charge on any atom is -0.465 e. The molecule has 0 bridgehead atoms. The molecule has 0 fully saturated rings. The standard InChI is InChI=1S/C15H25F5O2S/c1-3-5-7-11(14(21)22-9-4-2)23-10-6-8-15(19,20)12(16)13(17)18/h11-13H,3-10H2,1-2H3. The number of halogens is 5. The maximum absolute atomic E-state index is 13.2. The molecular formula is C15H25F5O2S. The first kappa shape index (κ1) is 22.5. The van der Waals surface area contributed by atoms with Gasteiger partial charge in [0.1, 0.15) is 5.25 Å². The van der Waals surface area contributed by atoms with E-state index in [1.165, 1.54) is 0 Å². The van der Waals surface area contributed by atoms with Crippen LogP contribution in [0.5, 0.6) is 0 Å². The molecule has 0 spiro atoms. The number of esters is 1. The summed E-state index contributed by atoms with van der Waals surface area (Å²) < 4.78 is 68.1. The average molecular weight is 364 g/mol. The van der Waals surface area contributed by atoms with Crippen molar-refractivity contribution in [3.8, 4) is 0 Å². The largest absolute Gasteiger partial charge is 0.465 e. The summed E-state index contributed by atoms with van der Waals surface area (Å²) in [4.78, 5) is 11.8. The van der Waals surface area contributed by atoms with Crippen molar-refractivity contribution in [1.29, 1.82) is 0 Å². The zero-order valence-corrected chi connectivity index (χ0v) is 14.3. The van der Waals surface area contributed by atoms with E-state index in [9.17, 15) is 26.7 Å². The number of rotatable bonds is 13. The molecule has 23 heavy (non-hydrogen) atoms. The van der Waals surface area contributed by atoms with Crippen LogP contribution in [0.15, 0.2) is 0 Å². The molecule has 0 saturated carbocycles. The van der Waals surface area contributed by atoms with Crippen LogP contribution in [0.3, 0.4) is 0 Å². The molecule has 0 heterocycles. The number of hydrogen-bond acceptors (Lipinski definition) is 3. The highest BCUT2D eigenvalue weighted by Crippen LogP contribution is 2.32. The van der Waals surface area contributed by atoms with Gasteiger partial charge in [0.25, 0.3) is 12.3 Å². The summed E-state index contributed by atoms with van der Waals surface area (Å²) in [6.07, 6.45) is -5.31. The van der Waals surface area contributed by atoms with E-state index in [0.29, 0.717) is 19.4 Å². The van der Waals surface area contributed by atoms with Crippen LogP contribution >= 0.6 is 11.8 Å². The molecule has 138 valence electrons. The quantitative estimate of drug-likeness (QED) is 0.254. The molecule has 0 radical (unpaired) electrons. The Hall–Kier alpha value is -0.530. The first-order chi connectivity index (χ1) is 10.8. The van der Waals surface area contributed by atoms with Gasteiger partial charge in [0.2, 0.25) is 6.17 Å². The summed E-state index contributed by atoms with van der Waals surface area (Å²) in [6.45, 7) is 4.13. The summed E-state index contributed by atoms with van der Waals surface area (Å²) in [5.74, 6) is -4.26. The van der Waals surface area contributed by atoms with Crippen LogP contribution in [0.25, 0.3) is 0 Å². The average Bonchev–Trinajstić information content (AvgIpc) is 2.50. The van der Waals surface area contributed by atoms with Crippen LogP contribution in [-0.4, -0.2) is 42.1 Å². The smallest absolute Gasteiger partial charge is 0.319 e. The molecule has 8 heteroatoms. The van der Waals surface area contributed by atoms with Crippen molar-refractivity contribution >= 4 is 17.7 Å². The van der Waals surface area contributed by atoms with Crippen LogP contribution in [0.2, 0.25) is 0 Å². The van der Waals surface area contributed by atoms with Crippen molar-refractivity contribution in [3.63, 3.8) is 0 Å². The van der Waals surface area contributed by atoms with Gasteiger partial charge in [0, 0.05) is 6.42 Å². The molecule has 2 unspecified atom stereocenters. The predicted molar refractivity (Wildman–Crippen MR) is 82.1 cm³/mol. The maximum atomic E-state index is 13.2. The molecule has 2 nitrogen and oxygen atoms in total. The monoisotopic (exact) mass is 364 g/mol. The Kier molecular flexibility index (Phi) is 11.6. The van der Waals surface area contributed by atoms with Gasteiger partial charge in [-0.2, -0.15) is 0 Å². The van der Waals surface area contributed by atoms with Gasteiger partial charge in [0.05, 0.1) is 6.61 Å². The Bertz CT molecular complexity index is 329. The first-order valence-electron chi connectivity index (χ1n) is 7.84. The second-order valence-corrected chi connectivity index (χ2v) is 6.58. The summed E-state index contributed by atoms with van der Waals surface area (Å²) in [6, 6.07) is 0. The van der Waals surface area contributed by atoms with Gasteiger partial charge in [-0.25, -0.2) is 22.0 Å². The van der Waals surface area contributed by atoms with Gasteiger partial charge in [-0.05, 0) is 25.0 Å². The fourth-order valence-corrected chi connectivity index (χ4v) is 2.94. The van der Waals surface area contributed by atoms with E-state index < -0.39 is 30.2 Å². The fourth-order valence-electron chi connectivity index (χ4n) is 1.81. The van der Waals surface area contributed by atoms with E-state index in [4.69, 9.17) is 4.74 Å². The van der Waals surface area contributed by atoms with Crippen molar-refractivity contribution in [1.82, 2.24) is 0 Å². The van der Waals surface area contributed by atoms with Crippen molar-refractivity contribution in [2.24, 2.45) is 0 Å². The minimum absolute atomic E-state index is 0.144. The van der Waals surface area contributed by atoms with E-state index in [-0.39, 0.29) is 18.1 Å². The molecule has 0 amide bonds. The highest BCUT2D eigenvalue weighted by atomic mass is 32.2. The number of carbonyl (C=O) groups excluding carboxylic acids is 1. The zero-order valence-electron chi connectivity index (χ0n) is 13.5. The Balaban J connectivity index is 4.27. The Morgan fingerprint density at radius 3 is 2.30 bits per heavy atom. The zero-order chi connectivity index (χ0) is 17.9. The van der Waals surface area contributed by atoms with E-state index >= 15 is 0 Å². The van der Waals surface area contributed by atoms with Crippen LogP contribution in [0.1, 0.15) is 52.4 Å². The number of ether oxygens (including phenoxy) is 1. The van der Waals surface area contributed by atoms with Crippen molar-refractivity contribution in [2.45, 2.75) is 76.1 Å². The molecule has 0 aliphatic heterocycles. The van der Waals surface area contributed by atoms with Gasteiger partial charge < -0.3 is 4.74 Å². The molecule has 2 atom stereocenters. The van der Waals surface area contributed by atoms with Gasteiger partial charge in [0.15, 0.2) is 0 Å². The van der Waals surface area contributed by atoms with Crippen LogP contribution < -0.4 is 0 Å². The lowest BCUT2D eigenvalue weighted by molar-refractivity contribution is -0.143. The Morgan fingerprint density at radius 1 is 1.13 bits per heavy atom. The van der Waals surface area contributed by atoms with Crippen LogP contribution in [0, 0.1) is 0 Å². The molecule has 0 N–H and O–H groups in total. The minimum atomic E-state index is -4.05. The molecule has 0 rings (SSSR count). The summed E-state index contributed by atoms with van der Waals surface area (Å²) in [5, 5.41) is -0.452. The van der Waals surface area contributed by atoms with Crippen molar-refractivity contribution < 1.29 is 31.5 Å². The van der Waals surface area contributed by atoms with Crippen molar-refractivity contribution in [2.75, 3.05) is 12.4 Å². The highest BCUT2D eigenvalue weighted by Gasteiger charge is 2.45. The lowest BCUT2D eigenvalue weighted by Crippen LogP contribution is -2.35. The topological polar surface area (TPSA) is 26.3 Å². The molecule has 0 aliphatic carbocycles. The van der Waals surface area contributed by atoms with E-state index in [1.807, 2.05) is 13.8 Å². The number of thioether (sulfide) groups is 1. The molecule has 0 aromatic carbocycles. The van der Waals surface area contributed by atoms with Gasteiger partial charge in [-0.15, -0.1) is 11.8 Å². The lowest BCUT2D eigenvalue weighted by Gasteiger charge is -2.20. The summed E-state index contributed by atoms with van der Waals surface area (Å²) in [7, 11) is 0. The first-order valence-corrected chi connectivity index (χ1v) is 8.89. The third-order valence-electron chi connectivity index (χ3n) is 3.13. The lowest BCUT2D eigenvalue weighted by atomic mass is 10.1. The Labute approximate surface area is 138 Å². The van der Waals surface area contributed by atoms with E-state index in [0.717, 1.165) is 24.6 Å². The second-order valence-electron chi connectivity index (χ2n) is 5.27. The van der Waals surface area contributed by atoms with Gasteiger partial charge in [-0.1, -0.05) is 26.7 Å². The summed E-state index contributed by atoms with van der Waals surface area (Å²) >= 11 is 1.16. The number of alkyl halides is 5.